The van der Waals surface area contributed by atoms with E-state index in [0.29, 0.717) is 6.42 Å². The molecule has 0 aliphatic carbocycles. The Morgan fingerprint density at radius 2 is 1.70 bits per heavy atom. The summed E-state index contributed by atoms with van der Waals surface area (Å²) in [5, 5.41) is -0.128. The predicted octanol–water partition coefficient (Wildman–Crippen LogP) is 2.95. The third-order valence-electron chi connectivity index (χ3n) is 5.05. The molecule has 4 rings (SSSR count). The van der Waals surface area contributed by atoms with Crippen LogP contribution in [-0.4, -0.2) is 39.2 Å². The number of carbonyl (C=O) groups is 3. The number of aldehydes is 1. The lowest BCUT2D eigenvalue weighted by molar-refractivity contribution is -0.164. The van der Waals surface area contributed by atoms with E-state index in [4.69, 9.17) is 4.74 Å². The van der Waals surface area contributed by atoms with Crippen molar-refractivity contribution < 1.29 is 19.1 Å². The number of esters is 1. The number of benzene rings is 2. The molecule has 2 aromatic rings. The van der Waals surface area contributed by atoms with Crippen LogP contribution in [0, 0.1) is 0 Å². The maximum Gasteiger partial charge on any atom is 0.331 e. The molecule has 1 amide bonds. The van der Waals surface area contributed by atoms with E-state index in [9.17, 15) is 14.4 Å². The smallest absolute Gasteiger partial charge is 0.331 e. The fourth-order valence-corrected chi connectivity index (χ4v) is 5.21. The van der Waals surface area contributed by atoms with Crippen LogP contribution >= 0.6 is 11.8 Å². The zero-order valence-electron chi connectivity index (χ0n) is 14.8. The van der Waals surface area contributed by atoms with Gasteiger partial charge in [0.05, 0.1) is 11.8 Å². The van der Waals surface area contributed by atoms with Crippen molar-refractivity contribution in [2.45, 2.75) is 35.6 Å². The molecular weight excluding hydrogens is 362 g/mol. The van der Waals surface area contributed by atoms with Crippen LogP contribution in [0.1, 0.15) is 30.6 Å². The summed E-state index contributed by atoms with van der Waals surface area (Å²) < 4.78 is 4.91. The average molecular weight is 381 g/mol. The molecule has 5 nitrogen and oxygen atoms in total. The summed E-state index contributed by atoms with van der Waals surface area (Å²) in [7, 11) is 0. The maximum absolute atomic E-state index is 13.1. The minimum absolute atomic E-state index is 0.115. The summed E-state index contributed by atoms with van der Waals surface area (Å²) in [6.07, 6.45) is 0.518. The Bertz CT molecular complexity index is 833. The second-order valence-corrected chi connectivity index (χ2v) is 8.58. The highest BCUT2D eigenvalue weighted by Crippen LogP contribution is 2.50. The molecule has 6 heteroatoms. The van der Waals surface area contributed by atoms with Crippen LogP contribution < -0.4 is 0 Å². The van der Waals surface area contributed by atoms with Crippen LogP contribution in [0.4, 0.5) is 0 Å². The Morgan fingerprint density at radius 1 is 1.15 bits per heavy atom. The van der Waals surface area contributed by atoms with Gasteiger partial charge in [-0.05, 0) is 18.1 Å². The van der Waals surface area contributed by atoms with Crippen LogP contribution in [0.2, 0.25) is 0 Å². The Kier molecular flexibility index (Phi) is 4.52. The van der Waals surface area contributed by atoms with E-state index in [1.54, 1.807) is 6.92 Å². The second kappa shape index (κ2) is 6.85. The lowest BCUT2D eigenvalue weighted by Gasteiger charge is -2.37. The van der Waals surface area contributed by atoms with Gasteiger partial charge in [0.2, 0.25) is 5.91 Å². The Balaban J connectivity index is 1.66. The quantitative estimate of drug-likeness (QED) is 0.453. The number of hydrogen-bond acceptors (Lipinski definition) is 5. The maximum atomic E-state index is 13.1. The molecule has 138 valence electrons. The SMILES string of the molecule is CC1(C=O)SC2CC(=O)N2C1C(=O)OC(c1ccccc1)c1ccccc1. The molecule has 3 unspecified atom stereocenters. The molecule has 2 heterocycles. The Hall–Kier alpha value is -2.60. The Labute approximate surface area is 161 Å². The zero-order chi connectivity index (χ0) is 19.0. The Morgan fingerprint density at radius 3 is 2.19 bits per heavy atom. The van der Waals surface area contributed by atoms with E-state index in [1.165, 1.54) is 16.7 Å². The predicted molar refractivity (Wildman–Crippen MR) is 102 cm³/mol. The first kappa shape index (κ1) is 17.8. The van der Waals surface area contributed by atoms with Gasteiger partial charge in [0.15, 0.2) is 12.1 Å². The number of hydrogen-bond donors (Lipinski definition) is 0. The van der Waals surface area contributed by atoms with Gasteiger partial charge in [0, 0.05) is 0 Å². The highest BCUT2D eigenvalue weighted by Gasteiger charge is 2.61. The first-order valence-electron chi connectivity index (χ1n) is 8.79. The third kappa shape index (κ3) is 3.04. The number of thioether (sulfide) groups is 1. The number of β-lactam (4-membered cyclic amide) rings is 1. The number of nitrogens with zero attached hydrogens (tertiary/aromatic N) is 1. The molecule has 2 saturated heterocycles. The number of amides is 1. The van der Waals surface area contributed by atoms with E-state index in [-0.39, 0.29) is 11.3 Å². The van der Waals surface area contributed by atoms with Gasteiger partial charge in [0.1, 0.15) is 11.0 Å². The highest BCUT2D eigenvalue weighted by molar-refractivity contribution is 8.02. The molecule has 3 atom stereocenters. The lowest BCUT2D eigenvalue weighted by Crippen LogP contribution is -2.58. The van der Waals surface area contributed by atoms with Gasteiger partial charge in [-0.1, -0.05) is 60.7 Å². The molecule has 2 aliphatic rings. The summed E-state index contributed by atoms with van der Waals surface area (Å²) in [6.45, 7) is 1.70. The molecule has 0 spiro atoms. The summed E-state index contributed by atoms with van der Waals surface area (Å²) in [5.74, 6) is -0.665. The van der Waals surface area contributed by atoms with Crippen LogP contribution in [0.3, 0.4) is 0 Å². The molecule has 2 aliphatic heterocycles. The molecule has 0 aromatic heterocycles. The minimum Gasteiger partial charge on any atom is -0.451 e. The number of ether oxygens (including phenoxy) is 1. The standard InChI is InChI=1S/C21H19NO4S/c1-21(13-23)19(22-16(24)12-17(22)27-21)20(25)26-18(14-8-4-2-5-9-14)15-10-6-3-7-11-15/h2-11,13,17-19H,12H2,1H3. The van der Waals surface area contributed by atoms with Crippen molar-refractivity contribution in [2.24, 2.45) is 0 Å². The van der Waals surface area contributed by atoms with Gasteiger partial charge in [-0.25, -0.2) is 4.79 Å². The van der Waals surface area contributed by atoms with Gasteiger partial charge in [-0.2, -0.15) is 0 Å². The molecule has 0 bridgehead atoms. The summed E-state index contributed by atoms with van der Waals surface area (Å²) in [4.78, 5) is 38.4. The highest BCUT2D eigenvalue weighted by atomic mass is 32.2. The van der Waals surface area contributed by atoms with Gasteiger partial charge in [0.25, 0.3) is 0 Å². The largest absolute Gasteiger partial charge is 0.451 e. The van der Waals surface area contributed by atoms with Crippen molar-refractivity contribution in [1.29, 1.82) is 0 Å². The van der Waals surface area contributed by atoms with Crippen LogP contribution in [0.25, 0.3) is 0 Å². The number of rotatable bonds is 5. The van der Waals surface area contributed by atoms with E-state index in [2.05, 4.69) is 0 Å². The average Bonchev–Trinajstić information content (AvgIpc) is 2.95. The molecule has 0 radical (unpaired) electrons. The van der Waals surface area contributed by atoms with Gasteiger partial charge < -0.3 is 14.4 Å². The summed E-state index contributed by atoms with van der Waals surface area (Å²) in [6, 6.07) is 18.0. The van der Waals surface area contributed by atoms with Gasteiger partial charge in [-0.15, -0.1) is 11.8 Å². The zero-order valence-corrected chi connectivity index (χ0v) is 15.6. The topological polar surface area (TPSA) is 63.7 Å². The second-order valence-electron chi connectivity index (χ2n) is 6.92. The van der Waals surface area contributed by atoms with Crippen LogP contribution in [0.15, 0.2) is 60.7 Å². The summed E-state index contributed by atoms with van der Waals surface area (Å²) in [5.41, 5.74) is 1.67. The minimum atomic E-state index is -0.994. The molecule has 0 saturated carbocycles. The monoisotopic (exact) mass is 381 g/mol. The normalized spacial score (nSPS) is 26.4. The first-order valence-corrected chi connectivity index (χ1v) is 9.67. The van der Waals surface area contributed by atoms with E-state index >= 15 is 0 Å². The van der Waals surface area contributed by atoms with Crippen molar-refractivity contribution in [3.05, 3.63) is 71.8 Å². The molecule has 2 aromatic carbocycles. The lowest BCUT2D eigenvalue weighted by atomic mass is 9.97. The van der Waals surface area contributed by atoms with E-state index in [1.807, 2.05) is 60.7 Å². The molecular formula is C21H19NO4S. The molecule has 0 N–H and O–H groups in total. The number of carbonyl (C=O) groups excluding carboxylic acids is 3. The van der Waals surface area contributed by atoms with Crippen molar-refractivity contribution in [3.63, 3.8) is 0 Å². The fourth-order valence-electron chi connectivity index (χ4n) is 3.65. The first-order chi connectivity index (χ1) is 13.0. The third-order valence-corrected chi connectivity index (χ3v) is 6.55. The summed E-state index contributed by atoms with van der Waals surface area (Å²) >= 11 is 1.36. The van der Waals surface area contributed by atoms with Crippen LogP contribution in [0.5, 0.6) is 0 Å². The molecule has 2 fully saturated rings. The van der Waals surface area contributed by atoms with E-state index < -0.39 is 22.9 Å². The van der Waals surface area contributed by atoms with Crippen LogP contribution in [-0.2, 0) is 19.1 Å². The van der Waals surface area contributed by atoms with Crippen molar-refractivity contribution in [3.8, 4) is 0 Å². The molecule has 27 heavy (non-hydrogen) atoms. The van der Waals surface area contributed by atoms with Crippen molar-refractivity contribution >= 4 is 29.9 Å². The van der Waals surface area contributed by atoms with Crippen molar-refractivity contribution in [1.82, 2.24) is 4.90 Å². The van der Waals surface area contributed by atoms with Gasteiger partial charge in [-0.3, -0.25) is 4.79 Å². The number of fused-ring (bicyclic) bond motifs is 1. The fraction of sp³-hybridized carbons (Fsp3) is 0.286. The van der Waals surface area contributed by atoms with E-state index in [0.717, 1.165) is 17.4 Å². The van der Waals surface area contributed by atoms with Crippen molar-refractivity contribution in [2.75, 3.05) is 0 Å². The van der Waals surface area contributed by atoms with Gasteiger partial charge >= 0.3 is 5.97 Å².